The van der Waals surface area contributed by atoms with Crippen molar-refractivity contribution in [2.45, 2.75) is 25.9 Å². The molecule has 6 heteroatoms. The lowest BCUT2D eigenvalue weighted by Gasteiger charge is -2.40. The molecule has 0 spiro atoms. The average Bonchev–Trinajstić information content (AvgIpc) is 3.18. The van der Waals surface area contributed by atoms with Crippen molar-refractivity contribution in [1.82, 2.24) is 15.1 Å². The van der Waals surface area contributed by atoms with E-state index in [-0.39, 0.29) is 18.0 Å². The second kappa shape index (κ2) is 9.35. The molecule has 1 fully saturated rings. The van der Waals surface area contributed by atoms with E-state index in [9.17, 15) is 4.79 Å². The van der Waals surface area contributed by atoms with Crippen molar-refractivity contribution in [2.75, 3.05) is 39.8 Å². The number of nitrogens with zero attached hydrogens (tertiary/aromatic N) is 2. The molecule has 5 nitrogen and oxygen atoms in total. The molecule has 0 radical (unpaired) electrons. The van der Waals surface area contributed by atoms with Gasteiger partial charge in [-0.25, -0.2) is 0 Å². The number of hydrogen-bond donors (Lipinski definition) is 1. The number of benzene rings is 1. The second-order valence-corrected chi connectivity index (χ2v) is 8.00. The Morgan fingerprint density at radius 3 is 2.48 bits per heavy atom. The van der Waals surface area contributed by atoms with E-state index >= 15 is 0 Å². The van der Waals surface area contributed by atoms with Crippen LogP contribution in [0.4, 0.5) is 0 Å². The SMILES string of the molecule is CCOc1ccc(C(=O)N[C@@H](C)[C@@H](c2cccs2)N2CCN(C)CC2)cc1. The van der Waals surface area contributed by atoms with Crippen LogP contribution in [0, 0.1) is 0 Å². The molecule has 2 aromatic rings. The summed E-state index contributed by atoms with van der Waals surface area (Å²) < 4.78 is 5.46. The molecule has 27 heavy (non-hydrogen) atoms. The maximum absolute atomic E-state index is 12.8. The summed E-state index contributed by atoms with van der Waals surface area (Å²) in [4.78, 5) is 18.9. The number of ether oxygens (including phenoxy) is 1. The number of carbonyl (C=O) groups excluding carboxylic acids is 1. The zero-order chi connectivity index (χ0) is 19.2. The first-order valence-corrected chi connectivity index (χ1v) is 10.5. The Kier molecular flexibility index (Phi) is 6.88. The zero-order valence-corrected chi connectivity index (χ0v) is 17.2. The summed E-state index contributed by atoms with van der Waals surface area (Å²) in [5.74, 6) is 0.747. The molecular formula is C21H29N3O2S. The number of hydrogen-bond acceptors (Lipinski definition) is 5. The Bertz CT molecular complexity index is 710. The minimum atomic E-state index is -0.0405. The second-order valence-electron chi connectivity index (χ2n) is 7.02. The van der Waals surface area contributed by atoms with E-state index in [0.717, 1.165) is 31.9 Å². The average molecular weight is 388 g/mol. The summed E-state index contributed by atoms with van der Waals surface area (Å²) in [6.45, 7) is 8.82. The highest BCUT2D eigenvalue weighted by Crippen LogP contribution is 2.29. The van der Waals surface area contributed by atoms with E-state index in [1.54, 1.807) is 11.3 Å². The summed E-state index contributed by atoms with van der Waals surface area (Å²) in [6, 6.07) is 11.8. The molecule has 1 N–H and O–H groups in total. The van der Waals surface area contributed by atoms with Crippen LogP contribution in [0.3, 0.4) is 0 Å². The third-order valence-corrected chi connectivity index (χ3v) is 5.97. The van der Waals surface area contributed by atoms with Crippen LogP contribution in [0.25, 0.3) is 0 Å². The van der Waals surface area contributed by atoms with Crippen molar-refractivity contribution in [2.24, 2.45) is 0 Å². The Hall–Kier alpha value is -1.89. The Balaban J connectivity index is 1.70. The predicted molar refractivity (Wildman–Crippen MR) is 111 cm³/mol. The molecule has 0 aliphatic carbocycles. The van der Waals surface area contributed by atoms with Crippen molar-refractivity contribution >= 4 is 17.2 Å². The van der Waals surface area contributed by atoms with Gasteiger partial charge in [0.2, 0.25) is 0 Å². The third kappa shape index (κ3) is 5.09. The van der Waals surface area contributed by atoms with Crippen LogP contribution in [0.5, 0.6) is 5.75 Å². The number of amides is 1. The van der Waals surface area contributed by atoms with Crippen LogP contribution < -0.4 is 10.1 Å². The molecule has 2 heterocycles. The summed E-state index contributed by atoms with van der Waals surface area (Å²) >= 11 is 1.76. The van der Waals surface area contributed by atoms with E-state index in [1.807, 2.05) is 31.2 Å². The molecule has 3 rings (SSSR count). The van der Waals surface area contributed by atoms with E-state index < -0.39 is 0 Å². The fourth-order valence-corrected chi connectivity index (χ4v) is 4.50. The van der Waals surface area contributed by atoms with Gasteiger partial charge in [-0.15, -0.1) is 11.3 Å². The fraction of sp³-hybridized carbons (Fsp3) is 0.476. The molecule has 0 saturated carbocycles. The maximum Gasteiger partial charge on any atom is 0.251 e. The predicted octanol–water partition coefficient (Wildman–Crippen LogP) is 3.25. The van der Waals surface area contributed by atoms with Crippen molar-refractivity contribution < 1.29 is 9.53 Å². The van der Waals surface area contributed by atoms with Gasteiger partial charge in [0.05, 0.1) is 12.6 Å². The largest absolute Gasteiger partial charge is 0.494 e. The molecule has 1 aliphatic rings. The van der Waals surface area contributed by atoms with E-state index in [0.29, 0.717) is 12.2 Å². The van der Waals surface area contributed by atoms with Crippen LogP contribution >= 0.6 is 11.3 Å². The third-order valence-electron chi connectivity index (χ3n) is 5.03. The summed E-state index contributed by atoms with van der Waals surface area (Å²) in [6.07, 6.45) is 0. The molecule has 1 aliphatic heterocycles. The lowest BCUT2D eigenvalue weighted by atomic mass is 10.0. The first kappa shape index (κ1) is 19.9. The van der Waals surface area contributed by atoms with Gasteiger partial charge in [0.25, 0.3) is 5.91 Å². The van der Waals surface area contributed by atoms with Gasteiger partial charge in [-0.3, -0.25) is 9.69 Å². The van der Waals surface area contributed by atoms with Gasteiger partial charge < -0.3 is 15.0 Å². The van der Waals surface area contributed by atoms with Crippen LogP contribution in [-0.2, 0) is 0 Å². The lowest BCUT2D eigenvalue weighted by molar-refractivity contribution is 0.0799. The van der Waals surface area contributed by atoms with Crippen LogP contribution in [0.1, 0.15) is 35.1 Å². The number of likely N-dealkylation sites (N-methyl/N-ethyl adjacent to an activating group) is 1. The molecule has 2 atom stereocenters. The highest BCUT2D eigenvalue weighted by Gasteiger charge is 2.30. The van der Waals surface area contributed by atoms with Gasteiger partial charge >= 0.3 is 0 Å². The van der Waals surface area contributed by atoms with Crippen molar-refractivity contribution in [3.05, 3.63) is 52.2 Å². The number of piperazine rings is 1. The minimum absolute atomic E-state index is 0.0196. The molecule has 1 aromatic heterocycles. The number of carbonyl (C=O) groups is 1. The Morgan fingerprint density at radius 2 is 1.89 bits per heavy atom. The first-order valence-electron chi connectivity index (χ1n) is 9.58. The van der Waals surface area contributed by atoms with Crippen LogP contribution in [0.2, 0.25) is 0 Å². The van der Waals surface area contributed by atoms with E-state index in [4.69, 9.17) is 4.74 Å². The van der Waals surface area contributed by atoms with Gasteiger partial charge in [-0.2, -0.15) is 0 Å². The minimum Gasteiger partial charge on any atom is -0.494 e. The van der Waals surface area contributed by atoms with Crippen molar-refractivity contribution in [1.29, 1.82) is 0 Å². The van der Waals surface area contributed by atoms with Gasteiger partial charge in [-0.05, 0) is 56.6 Å². The van der Waals surface area contributed by atoms with Gasteiger partial charge in [0.15, 0.2) is 0 Å². The Morgan fingerprint density at radius 1 is 1.19 bits per heavy atom. The van der Waals surface area contributed by atoms with Gasteiger partial charge in [0.1, 0.15) is 5.75 Å². The molecule has 1 saturated heterocycles. The monoisotopic (exact) mass is 387 g/mol. The summed E-state index contributed by atoms with van der Waals surface area (Å²) in [5.41, 5.74) is 0.661. The molecule has 0 bridgehead atoms. The van der Waals surface area contributed by atoms with Crippen molar-refractivity contribution in [3.63, 3.8) is 0 Å². The molecular weight excluding hydrogens is 358 g/mol. The maximum atomic E-state index is 12.8. The number of nitrogens with one attached hydrogen (secondary N) is 1. The highest BCUT2D eigenvalue weighted by molar-refractivity contribution is 7.10. The summed E-state index contributed by atoms with van der Waals surface area (Å²) in [5, 5.41) is 5.33. The molecule has 146 valence electrons. The topological polar surface area (TPSA) is 44.8 Å². The number of rotatable bonds is 7. The summed E-state index contributed by atoms with van der Waals surface area (Å²) in [7, 11) is 2.16. The standard InChI is InChI=1S/C21H29N3O2S/c1-4-26-18-9-7-17(8-10-18)21(25)22-16(2)20(19-6-5-15-27-19)24-13-11-23(3)12-14-24/h5-10,15-16,20H,4,11-14H2,1-3H3,(H,22,25)/t16-,20-/m0/s1. The van der Waals surface area contributed by atoms with Crippen molar-refractivity contribution in [3.8, 4) is 5.75 Å². The molecule has 1 aromatic carbocycles. The first-order chi connectivity index (χ1) is 13.1. The van der Waals surface area contributed by atoms with Gasteiger partial charge in [-0.1, -0.05) is 6.07 Å². The van der Waals surface area contributed by atoms with Gasteiger partial charge in [0, 0.05) is 42.7 Å². The molecule has 0 unspecified atom stereocenters. The molecule has 1 amide bonds. The van der Waals surface area contributed by atoms with Crippen LogP contribution in [0.15, 0.2) is 41.8 Å². The quantitative estimate of drug-likeness (QED) is 0.792. The normalized spacial score (nSPS) is 18.0. The van der Waals surface area contributed by atoms with Crippen LogP contribution in [-0.4, -0.2) is 61.6 Å². The smallest absolute Gasteiger partial charge is 0.251 e. The highest BCUT2D eigenvalue weighted by atomic mass is 32.1. The van der Waals surface area contributed by atoms with E-state index in [2.05, 4.69) is 46.6 Å². The Labute approximate surface area is 165 Å². The fourth-order valence-electron chi connectivity index (χ4n) is 3.54. The van der Waals surface area contributed by atoms with E-state index in [1.165, 1.54) is 4.88 Å². The zero-order valence-electron chi connectivity index (χ0n) is 16.4. The lowest BCUT2D eigenvalue weighted by Crippen LogP contribution is -2.51. The number of thiophene rings is 1.